The number of nitrogens with one attached hydrogen (secondary N) is 1. The van der Waals surface area contributed by atoms with Crippen LogP contribution in [-0.4, -0.2) is 34.1 Å². The summed E-state index contributed by atoms with van der Waals surface area (Å²) >= 11 is 1.01. The molecule has 7 nitrogen and oxygen atoms in total. The lowest BCUT2D eigenvalue weighted by Crippen LogP contribution is -2.00. The van der Waals surface area contributed by atoms with Gasteiger partial charge in [-0.05, 0) is 48.2 Å². The van der Waals surface area contributed by atoms with Gasteiger partial charge in [0.25, 0.3) is 0 Å². The second kappa shape index (κ2) is 8.30. The molecule has 0 aliphatic carbocycles. The van der Waals surface area contributed by atoms with Crippen LogP contribution in [0.25, 0.3) is 28.4 Å². The van der Waals surface area contributed by atoms with Crippen molar-refractivity contribution in [3.63, 3.8) is 0 Å². The molecule has 8 heteroatoms. The second-order valence-corrected chi connectivity index (χ2v) is 7.28. The largest absolute Gasteiger partial charge is 0.477 e. The summed E-state index contributed by atoms with van der Waals surface area (Å²) in [5.41, 5.74) is 2.79. The fourth-order valence-corrected chi connectivity index (χ4v) is 3.60. The summed E-state index contributed by atoms with van der Waals surface area (Å²) in [5.74, 6) is -0.557. The van der Waals surface area contributed by atoms with Crippen LogP contribution in [0, 0.1) is 0 Å². The number of hydrogen-bond donors (Lipinski definition) is 2. The second-order valence-electron chi connectivity index (χ2n) is 6.25. The van der Waals surface area contributed by atoms with Crippen LogP contribution in [0.3, 0.4) is 0 Å². The van der Waals surface area contributed by atoms with E-state index in [-0.39, 0.29) is 4.91 Å². The number of benzene rings is 2. The van der Waals surface area contributed by atoms with Crippen molar-refractivity contribution in [1.82, 2.24) is 9.97 Å². The molecule has 0 aliphatic rings. The molecule has 30 heavy (non-hydrogen) atoms. The van der Waals surface area contributed by atoms with E-state index in [1.54, 1.807) is 36.4 Å². The van der Waals surface area contributed by atoms with Gasteiger partial charge in [-0.15, -0.1) is 0 Å². The Morgan fingerprint density at radius 2 is 1.87 bits per heavy atom. The topological polar surface area (TPSA) is 105 Å². The van der Waals surface area contributed by atoms with Gasteiger partial charge in [0.05, 0.1) is 23.7 Å². The highest BCUT2D eigenvalue weighted by Crippen LogP contribution is 2.30. The zero-order chi connectivity index (χ0) is 21.1. The third-order valence-corrected chi connectivity index (χ3v) is 5.17. The van der Waals surface area contributed by atoms with Crippen LogP contribution in [0.1, 0.15) is 16.1 Å². The average molecular weight is 420 g/mol. The van der Waals surface area contributed by atoms with Gasteiger partial charge in [-0.1, -0.05) is 24.3 Å². The number of carbonyl (C=O) groups is 2. The van der Waals surface area contributed by atoms with E-state index in [1.165, 1.54) is 13.2 Å². The fourth-order valence-electron chi connectivity index (χ4n) is 2.82. The number of carbonyl (C=O) groups excluding carboxylic acids is 1. The monoisotopic (exact) mass is 420 g/mol. The maximum absolute atomic E-state index is 11.7. The molecule has 0 atom stereocenters. The molecule has 150 valence electrons. The lowest BCUT2D eigenvalue weighted by molar-refractivity contribution is -0.131. The maximum Gasteiger partial charge on any atom is 0.342 e. The minimum absolute atomic E-state index is 0.0657. The van der Waals surface area contributed by atoms with Crippen LogP contribution in [-0.2, 0) is 9.53 Å². The number of H-pyrrole nitrogens is 1. The number of nitrogens with zero attached hydrogens (tertiary/aromatic N) is 1. The quantitative estimate of drug-likeness (QED) is 0.261. The van der Waals surface area contributed by atoms with Crippen molar-refractivity contribution < 1.29 is 23.8 Å². The molecule has 0 unspecified atom stereocenters. The number of ether oxygens (including phenoxy) is 1. The summed E-state index contributed by atoms with van der Waals surface area (Å²) in [5, 5.41) is 10.1. The zero-order valence-electron chi connectivity index (χ0n) is 15.8. The lowest BCUT2D eigenvalue weighted by Gasteiger charge is -2.01. The SMILES string of the molecule is COC(=O)c1ccc(-c2ccc(/C=C(\Sc3nc4ccccc4[nH]3)C(=O)O)o2)cc1. The van der Waals surface area contributed by atoms with E-state index < -0.39 is 11.9 Å². The van der Waals surface area contributed by atoms with Gasteiger partial charge in [0.1, 0.15) is 16.4 Å². The van der Waals surface area contributed by atoms with Gasteiger partial charge in [0, 0.05) is 11.6 Å². The third kappa shape index (κ3) is 4.13. The van der Waals surface area contributed by atoms with Crippen molar-refractivity contribution in [3.05, 3.63) is 76.9 Å². The zero-order valence-corrected chi connectivity index (χ0v) is 16.6. The van der Waals surface area contributed by atoms with Crippen LogP contribution in [0.15, 0.2) is 75.1 Å². The van der Waals surface area contributed by atoms with Crippen LogP contribution < -0.4 is 0 Å². The van der Waals surface area contributed by atoms with Crippen molar-refractivity contribution in [2.24, 2.45) is 0 Å². The fraction of sp³-hybridized carbons (Fsp3) is 0.0455. The van der Waals surface area contributed by atoms with E-state index in [0.717, 1.165) is 28.4 Å². The van der Waals surface area contributed by atoms with Crippen molar-refractivity contribution in [3.8, 4) is 11.3 Å². The minimum atomic E-state index is -1.08. The van der Waals surface area contributed by atoms with E-state index in [1.807, 2.05) is 24.3 Å². The summed E-state index contributed by atoms with van der Waals surface area (Å²) in [6.45, 7) is 0. The first-order valence-corrected chi connectivity index (χ1v) is 9.71. The Morgan fingerprint density at radius 1 is 1.10 bits per heavy atom. The smallest absolute Gasteiger partial charge is 0.342 e. The number of rotatable bonds is 6. The maximum atomic E-state index is 11.7. The number of thioether (sulfide) groups is 1. The average Bonchev–Trinajstić information content (AvgIpc) is 3.39. The molecule has 0 radical (unpaired) electrons. The number of aromatic amines is 1. The number of furan rings is 1. The highest BCUT2D eigenvalue weighted by atomic mass is 32.2. The summed E-state index contributed by atoms with van der Waals surface area (Å²) in [7, 11) is 1.32. The summed E-state index contributed by atoms with van der Waals surface area (Å²) in [6.07, 6.45) is 1.45. The molecular formula is C22H16N2O5S. The number of esters is 1. The molecule has 0 aliphatic heterocycles. The van der Waals surface area contributed by atoms with Gasteiger partial charge >= 0.3 is 11.9 Å². The van der Waals surface area contributed by atoms with Crippen LogP contribution in [0.2, 0.25) is 0 Å². The predicted molar refractivity (Wildman–Crippen MR) is 113 cm³/mol. The van der Waals surface area contributed by atoms with E-state index in [2.05, 4.69) is 14.7 Å². The van der Waals surface area contributed by atoms with Gasteiger partial charge in [-0.25, -0.2) is 14.6 Å². The number of aromatic nitrogens is 2. The van der Waals surface area contributed by atoms with Gasteiger partial charge in [0.15, 0.2) is 5.16 Å². The molecular weight excluding hydrogens is 404 g/mol. The van der Waals surface area contributed by atoms with Crippen molar-refractivity contribution in [2.75, 3.05) is 7.11 Å². The van der Waals surface area contributed by atoms with Crippen molar-refractivity contribution in [1.29, 1.82) is 0 Å². The minimum Gasteiger partial charge on any atom is -0.477 e. The molecule has 2 aromatic heterocycles. The molecule has 0 fully saturated rings. The van der Waals surface area contributed by atoms with Crippen LogP contribution in [0.5, 0.6) is 0 Å². The molecule has 2 aromatic carbocycles. The molecule has 2 heterocycles. The molecule has 2 N–H and O–H groups in total. The number of aliphatic carboxylic acids is 1. The number of carboxylic acid groups (broad SMARTS) is 1. The van der Waals surface area contributed by atoms with E-state index in [0.29, 0.717) is 22.2 Å². The number of fused-ring (bicyclic) bond motifs is 1. The summed E-state index contributed by atoms with van der Waals surface area (Å²) in [4.78, 5) is 30.8. The lowest BCUT2D eigenvalue weighted by atomic mass is 10.1. The Bertz CT molecular complexity index is 1220. The number of carboxylic acids is 1. The van der Waals surface area contributed by atoms with Gasteiger partial charge in [-0.3, -0.25) is 0 Å². The summed E-state index contributed by atoms with van der Waals surface area (Å²) < 4.78 is 10.5. The molecule has 0 saturated heterocycles. The molecule has 0 amide bonds. The molecule has 4 rings (SSSR count). The summed E-state index contributed by atoms with van der Waals surface area (Å²) in [6, 6.07) is 17.7. The first-order valence-electron chi connectivity index (χ1n) is 8.89. The standard InChI is InChI=1S/C22H16N2O5S/c1-28-21(27)14-8-6-13(7-9-14)18-11-10-15(29-18)12-19(20(25)26)30-22-23-16-4-2-3-5-17(16)24-22/h2-12H,1H3,(H,23,24)(H,25,26)/b19-12-. The van der Waals surface area contributed by atoms with E-state index in [9.17, 15) is 14.7 Å². The Kier molecular flexibility index (Phi) is 5.40. The predicted octanol–water partition coefficient (Wildman–Crippen LogP) is 4.83. The number of hydrogen-bond acceptors (Lipinski definition) is 6. The third-order valence-electron chi connectivity index (χ3n) is 4.28. The molecule has 0 spiro atoms. The molecule has 0 saturated carbocycles. The van der Waals surface area contributed by atoms with E-state index in [4.69, 9.17) is 4.42 Å². The highest BCUT2D eigenvalue weighted by molar-refractivity contribution is 8.04. The molecule has 4 aromatic rings. The Labute approximate surface area is 175 Å². The van der Waals surface area contributed by atoms with E-state index >= 15 is 0 Å². The van der Waals surface area contributed by atoms with Gasteiger partial charge < -0.3 is 19.2 Å². The number of imidazole rings is 1. The van der Waals surface area contributed by atoms with Gasteiger partial charge in [-0.2, -0.15) is 0 Å². The van der Waals surface area contributed by atoms with Crippen molar-refractivity contribution in [2.45, 2.75) is 5.16 Å². The first-order chi connectivity index (χ1) is 14.5. The Morgan fingerprint density at radius 3 is 2.57 bits per heavy atom. The first kappa shape index (κ1) is 19.5. The number of methoxy groups -OCH3 is 1. The van der Waals surface area contributed by atoms with Crippen LogP contribution >= 0.6 is 11.8 Å². The highest BCUT2D eigenvalue weighted by Gasteiger charge is 2.15. The van der Waals surface area contributed by atoms with Crippen LogP contribution in [0.4, 0.5) is 0 Å². The van der Waals surface area contributed by atoms with Gasteiger partial charge in [0.2, 0.25) is 0 Å². The van der Waals surface area contributed by atoms with Crippen molar-refractivity contribution >= 4 is 40.8 Å². The number of para-hydroxylation sites is 2. The Hall–Kier alpha value is -3.78. The Balaban J connectivity index is 1.57. The molecule has 0 bridgehead atoms. The normalized spacial score (nSPS) is 11.6.